The molecule has 0 aliphatic rings. The number of sulfone groups is 1. The first kappa shape index (κ1) is 16.8. The van der Waals surface area contributed by atoms with E-state index in [9.17, 15) is 17.2 Å². The van der Waals surface area contributed by atoms with Crippen LogP contribution in [-0.4, -0.2) is 47.7 Å². The highest BCUT2D eigenvalue weighted by molar-refractivity contribution is 7.91. The Labute approximate surface area is 116 Å². The van der Waals surface area contributed by atoms with Gasteiger partial charge < -0.3 is 14.8 Å². The minimum atomic E-state index is -4.53. The molecule has 1 N–H and O–H groups in total. The number of nitrogens with one attached hydrogen (secondary N) is 1. The summed E-state index contributed by atoms with van der Waals surface area (Å²) in [5.74, 6) is -3.41. The van der Waals surface area contributed by atoms with Crippen molar-refractivity contribution in [3.8, 4) is 0 Å². The Morgan fingerprint density at radius 2 is 1.80 bits per heavy atom. The molecule has 1 aromatic carbocycles. The summed E-state index contributed by atoms with van der Waals surface area (Å²) in [4.78, 5) is -0.394. The van der Waals surface area contributed by atoms with Gasteiger partial charge in [-0.05, 0) is 24.3 Å². The van der Waals surface area contributed by atoms with Gasteiger partial charge in [0.15, 0.2) is 0 Å². The second-order valence-corrected chi connectivity index (χ2v) is 5.78. The number of alkyl halides is 2. The highest BCUT2D eigenvalue weighted by Gasteiger charge is 2.26. The van der Waals surface area contributed by atoms with Crippen LogP contribution in [0.3, 0.4) is 0 Å². The van der Waals surface area contributed by atoms with Gasteiger partial charge in [0.25, 0.3) is 0 Å². The zero-order valence-corrected chi connectivity index (χ0v) is 11.8. The van der Waals surface area contributed by atoms with Crippen molar-refractivity contribution in [3.63, 3.8) is 0 Å². The third kappa shape index (κ3) is 5.03. The zero-order valence-electron chi connectivity index (χ0n) is 11.0. The first-order chi connectivity index (χ1) is 9.48. The van der Waals surface area contributed by atoms with E-state index in [0.29, 0.717) is 32.1 Å². The lowest BCUT2D eigenvalue weighted by Crippen LogP contribution is -2.13. The van der Waals surface area contributed by atoms with E-state index in [2.05, 4.69) is 5.32 Å². The van der Waals surface area contributed by atoms with Gasteiger partial charge in [-0.2, -0.15) is 8.78 Å². The van der Waals surface area contributed by atoms with Crippen LogP contribution < -0.4 is 5.32 Å². The van der Waals surface area contributed by atoms with Gasteiger partial charge in [0.2, 0.25) is 9.84 Å². The zero-order chi connectivity index (χ0) is 15.0. The third-order valence-electron chi connectivity index (χ3n) is 2.42. The van der Waals surface area contributed by atoms with Gasteiger partial charge in [-0.1, -0.05) is 0 Å². The van der Waals surface area contributed by atoms with Crippen LogP contribution in [0.15, 0.2) is 29.2 Å². The number of ether oxygens (including phenoxy) is 2. The van der Waals surface area contributed by atoms with Crippen molar-refractivity contribution in [2.45, 2.75) is 10.7 Å². The van der Waals surface area contributed by atoms with Crippen molar-refractivity contribution in [2.75, 3.05) is 38.8 Å². The number of hydrogen-bond acceptors (Lipinski definition) is 5. The molecule has 0 unspecified atom stereocenters. The quantitative estimate of drug-likeness (QED) is 0.704. The fraction of sp³-hybridized carbons (Fsp3) is 0.500. The number of hydrogen-bond donors (Lipinski definition) is 1. The van der Waals surface area contributed by atoms with Gasteiger partial charge in [0.05, 0.1) is 24.7 Å². The van der Waals surface area contributed by atoms with E-state index in [1.165, 1.54) is 12.1 Å². The van der Waals surface area contributed by atoms with Gasteiger partial charge in [0, 0.05) is 19.3 Å². The Kier molecular flexibility index (Phi) is 6.83. The van der Waals surface area contributed by atoms with Crippen molar-refractivity contribution in [3.05, 3.63) is 24.3 Å². The summed E-state index contributed by atoms with van der Waals surface area (Å²) in [6.07, 6.45) is 0. The smallest absolute Gasteiger partial charge is 0.341 e. The maximum Gasteiger partial charge on any atom is 0.341 e. The molecule has 0 atom stereocenters. The van der Waals surface area contributed by atoms with E-state index >= 15 is 0 Å². The average molecular weight is 309 g/mol. The molecule has 0 saturated carbocycles. The van der Waals surface area contributed by atoms with Crippen LogP contribution >= 0.6 is 0 Å². The van der Waals surface area contributed by atoms with Crippen LogP contribution in [0.1, 0.15) is 0 Å². The second-order valence-electron chi connectivity index (χ2n) is 3.86. The molecule has 0 amide bonds. The van der Waals surface area contributed by atoms with Gasteiger partial charge in [0.1, 0.15) is 0 Å². The molecule has 0 aliphatic heterocycles. The molecule has 5 nitrogen and oxygen atoms in total. The van der Waals surface area contributed by atoms with Crippen molar-refractivity contribution >= 4 is 15.5 Å². The minimum Gasteiger partial charge on any atom is -0.383 e. The highest BCUT2D eigenvalue weighted by atomic mass is 32.2. The standard InChI is InChI=1S/C12H17F2NO4S/c1-18-8-9-19-7-6-15-10-2-4-11(5-3-10)20(16,17)12(13)14/h2-5,12,15H,6-9H2,1H3. The molecular formula is C12H17F2NO4S. The van der Waals surface area contributed by atoms with Crippen LogP contribution in [0.4, 0.5) is 14.5 Å². The van der Waals surface area contributed by atoms with Gasteiger partial charge in [-0.3, -0.25) is 0 Å². The van der Waals surface area contributed by atoms with E-state index in [-0.39, 0.29) is 0 Å². The van der Waals surface area contributed by atoms with E-state index < -0.39 is 20.5 Å². The molecule has 0 heterocycles. The minimum absolute atomic E-state index is 0.394. The Morgan fingerprint density at radius 1 is 1.15 bits per heavy atom. The van der Waals surface area contributed by atoms with Crippen LogP contribution in [-0.2, 0) is 19.3 Å². The molecule has 1 rings (SSSR count). The Hall–Kier alpha value is -1.25. The van der Waals surface area contributed by atoms with Crippen molar-refractivity contribution in [1.29, 1.82) is 0 Å². The van der Waals surface area contributed by atoms with Crippen molar-refractivity contribution < 1.29 is 26.7 Å². The molecule has 0 bridgehead atoms. The summed E-state index contributed by atoms with van der Waals surface area (Å²) in [5.41, 5.74) is 0.633. The maximum absolute atomic E-state index is 12.3. The molecule has 0 fully saturated rings. The normalized spacial score (nSPS) is 11.8. The molecule has 1 aromatic rings. The molecule has 20 heavy (non-hydrogen) atoms. The number of methoxy groups -OCH3 is 1. The van der Waals surface area contributed by atoms with E-state index in [1.54, 1.807) is 7.11 Å². The summed E-state index contributed by atoms with van der Waals surface area (Å²) in [7, 11) is -2.95. The predicted octanol–water partition coefficient (Wildman–Crippen LogP) is 1.76. The number of rotatable bonds is 9. The first-order valence-electron chi connectivity index (χ1n) is 5.91. The Balaban J connectivity index is 2.44. The summed E-state index contributed by atoms with van der Waals surface area (Å²) >= 11 is 0. The summed E-state index contributed by atoms with van der Waals surface area (Å²) in [5, 5.41) is 2.98. The van der Waals surface area contributed by atoms with Gasteiger partial charge in [-0.15, -0.1) is 0 Å². The van der Waals surface area contributed by atoms with Crippen LogP contribution in [0.25, 0.3) is 0 Å². The van der Waals surface area contributed by atoms with Gasteiger partial charge in [-0.25, -0.2) is 8.42 Å². The van der Waals surface area contributed by atoms with E-state index in [1.807, 2.05) is 0 Å². The third-order valence-corrected chi connectivity index (χ3v) is 3.82. The fourth-order valence-electron chi connectivity index (χ4n) is 1.38. The highest BCUT2D eigenvalue weighted by Crippen LogP contribution is 2.20. The largest absolute Gasteiger partial charge is 0.383 e. The molecule has 0 aromatic heterocycles. The second kappa shape index (κ2) is 8.13. The average Bonchev–Trinajstić information content (AvgIpc) is 2.43. The molecule has 0 spiro atoms. The van der Waals surface area contributed by atoms with Crippen LogP contribution in [0.5, 0.6) is 0 Å². The number of halogens is 2. The molecule has 0 saturated heterocycles. The van der Waals surface area contributed by atoms with Crippen LogP contribution in [0, 0.1) is 0 Å². The SMILES string of the molecule is COCCOCCNc1ccc(S(=O)(=O)C(F)F)cc1. The van der Waals surface area contributed by atoms with Crippen LogP contribution in [0.2, 0.25) is 0 Å². The summed E-state index contributed by atoms with van der Waals surface area (Å²) < 4.78 is 57.1. The van der Waals surface area contributed by atoms with E-state index in [4.69, 9.17) is 9.47 Å². The van der Waals surface area contributed by atoms with Crippen molar-refractivity contribution in [2.24, 2.45) is 0 Å². The lowest BCUT2D eigenvalue weighted by molar-refractivity contribution is 0.0759. The number of anilines is 1. The Morgan fingerprint density at radius 3 is 2.35 bits per heavy atom. The molecule has 8 heteroatoms. The fourth-order valence-corrected chi connectivity index (χ4v) is 2.10. The topological polar surface area (TPSA) is 64.6 Å². The molecule has 114 valence electrons. The van der Waals surface area contributed by atoms with Crippen molar-refractivity contribution in [1.82, 2.24) is 0 Å². The lowest BCUT2D eigenvalue weighted by atomic mass is 10.3. The lowest BCUT2D eigenvalue weighted by Gasteiger charge is -2.08. The van der Waals surface area contributed by atoms with E-state index in [0.717, 1.165) is 12.1 Å². The number of benzene rings is 1. The maximum atomic E-state index is 12.3. The molecular weight excluding hydrogens is 292 g/mol. The molecule has 0 aliphatic carbocycles. The summed E-state index contributed by atoms with van der Waals surface area (Å²) in [6.45, 7) is 1.98. The summed E-state index contributed by atoms with van der Waals surface area (Å²) in [6, 6.07) is 5.17. The molecule has 0 radical (unpaired) electrons. The Bertz CT molecular complexity index is 491. The monoisotopic (exact) mass is 309 g/mol. The van der Waals surface area contributed by atoms with Gasteiger partial charge >= 0.3 is 5.76 Å². The predicted molar refractivity (Wildman–Crippen MR) is 70.8 cm³/mol. The first-order valence-corrected chi connectivity index (χ1v) is 7.46.